The molecule has 0 amide bonds. The number of aliphatic hydroxyl groups is 1. The van der Waals surface area contributed by atoms with E-state index in [1.165, 1.54) is 18.2 Å². The Kier molecular flexibility index (Phi) is 4.47. The van der Waals surface area contributed by atoms with Crippen LogP contribution in [0.5, 0.6) is 11.5 Å². The molecule has 3 aromatic rings. The molecule has 7 heteroatoms. The molecular weight excluding hydrogens is 382 g/mol. The van der Waals surface area contributed by atoms with E-state index in [1.54, 1.807) is 6.07 Å². The third-order valence-corrected chi connectivity index (χ3v) is 5.55. The third-order valence-electron chi connectivity index (χ3n) is 5.23. The van der Waals surface area contributed by atoms with Crippen molar-refractivity contribution in [1.29, 1.82) is 0 Å². The molecule has 2 heterocycles. The van der Waals surface area contributed by atoms with Crippen LogP contribution in [0.3, 0.4) is 0 Å². The van der Waals surface area contributed by atoms with Crippen LogP contribution < -0.4 is 5.43 Å². The lowest BCUT2D eigenvalue weighted by molar-refractivity contribution is 0.0630. The van der Waals surface area contributed by atoms with Gasteiger partial charge in [0, 0.05) is 35.7 Å². The fourth-order valence-corrected chi connectivity index (χ4v) is 4.07. The van der Waals surface area contributed by atoms with Gasteiger partial charge < -0.3 is 24.6 Å². The van der Waals surface area contributed by atoms with E-state index in [0.717, 1.165) is 6.07 Å². The highest BCUT2D eigenvalue weighted by atomic mass is 35.5. The van der Waals surface area contributed by atoms with Crippen LogP contribution in [0, 0.1) is 0 Å². The number of phenolic OH excluding ortho intramolecular Hbond substituents is 2. The first-order valence-corrected chi connectivity index (χ1v) is 9.30. The van der Waals surface area contributed by atoms with Crippen LogP contribution in [0.2, 0.25) is 5.02 Å². The predicted molar refractivity (Wildman–Crippen MR) is 107 cm³/mol. The molecule has 0 bridgehead atoms. The molecule has 3 N–H and O–H groups in total. The lowest BCUT2D eigenvalue weighted by Gasteiger charge is -2.34. The van der Waals surface area contributed by atoms with Gasteiger partial charge in [0.25, 0.3) is 0 Å². The summed E-state index contributed by atoms with van der Waals surface area (Å²) in [5.74, 6) is -0.937. The second kappa shape index (κ2) is 7.13. The minimum Gasteiger partial charge on any atom is -0.507 e. The number of aliphatic hydroxyl groups excluding tert-OH is 1. The van der Waals surface area contributed by atoms with Gasteiger partial charge in [0.2, 0.25) is 0 Å². The Labute approximate surface area is 167 Å². The van der Waals surface area contributed by atoms with Crippen LogP contribution in [0.25, 0.3) is 22.3 Å². The van der Waals surface area contributed by atoms with Crippen LogP contribution in [0.4, 0.5) is 0 Å². The first kappa shape index (κ1) is 17.6. The highest BCUT2D eigenvalue weighted by Gasteiger charge is 2.33. The van der Waals surface area contributed by atoms with E-state index < -0.39 is 23.2 Å². The largest absolute Gasteiger partial charge is 0.507 e. The molecule has 28 heavy (non-hydrogen) atoms. The number of hydrogen-bond donors (Lipinski definition) is 3. The molecule has 1 aromatic heterocycles. The fraction of sp³-hybridized carbons (Fsp3) is 0.286. The summed E-state index contributed by atoms with van der Waals surface area (Å²) in [5, 5.41) is 31.6. The van der Waals surface area contributed by atoms with Crippen molar-refractivity contribution in [2.24, 2.45) is 0 Å². The Balaban J connectivity index is 1.99. The summed E-state index contributed by atoms with van der Waals surface area (Å²) >= 11 is 6.23. The van der Waals surface area contributed by atoms with Gasteiger partial charge in [-0.15, -0.1) is 0 Å². The number of aromatic hydroxyl groups is 2. The number of fused-ring (bicyclic) bond motifs is 1. The molecule has 1 fully saturated rings. The summed E-state index contributed by atoms with van der Waals surface area (Å²) in [6.45, 7) is 1.11. The number of nitrogens with zero attached hydrogens (tertiary/aromatic N) is 1. The van der Waals surface area contributed by atoms with E-state index in [2.05, 4.69) is 0 Å². The van der Waals surface area contributed by atoms with Gasteiger partial charge >= 0.3 is 0 Å². The SMILES string of the molecule is [2H]c1ccc(-c2cc(=O)c3c(O)cc(O)c([C@H]4CCN(C)C[C@H]4O)c3o2)c(Cl)c1. The molecule has 0 saturated carbocycles. The van der Waals surface area contributed by atoms with Gasteiger partial charge in [0.1, 0.15) is 28.2 Å². The standard InChI is InChI=1S/C21H20ClNO5/c1-23-7-6-12(17(27)10-23)19-14(24)8-15(25)20-16(26)9-18(28-21(19)20)11-4-2-3-5-13(11)22/h2-5,8-9,12,17,24-25,27H,6-7,10H2,1H3/t12-,17+/m0/s1/i3D. The monoisotopic (exact) mass is 402 g/mol. The second-order valence-corrected chi connectivity index (χ2v) is 7.55. The third kappa shape index (κ3) is 3.13. The number of piperidine rings is 1. The van der Waals surface area contributed by atoms with Gasteiger partial charge in [-0.25, -0.2) is 0 Å². The lowest BCUT2D eigenvalue weighted by Crippen LogP contribution is -2.40. The second-order valence-electron chi connectivity index (χ2n) is 7.14. The number of benzene rings is 2. The fourth-order valence-electron chi connectivity index (χ4n) is 3.85. The molecule has 2 atom stereocenters. The molecule has 4 rings (SSSR count). The average Bonchev–Trinajstić information content (AvgIpc) is 2.62. The maximum atomic E-state index is 12.8. The smallest absolute Gasteiger partial charge is 0.197 e. The number of likely N-dealkylation sites (tertiary alicyclic amines) is 1. The van der Waals surface area contributed by atoms with E-state index in [9.17, 15) is 20.1 Å². The quantitative estimate of drug-likeness (QED) is 0.609. The van der Waals surface area contributed by atoms with E-state index in [0.29, 0.717) is 30.6 Å². The molecule has 1 saturated heterocycles. The van der Waals surface area contributed by atoms with Crippen molar-refractivity contribution in [3.8, 4) is 22.8 Å². The zero-order valence-electron chi connectivity index (χ0n) is 16.1. The van der Waals surface area contributed by atoms with Crippen molar-refractivity contribution >= 4 is 22.6 Å². The first-order chi connectivity index (χ1) is 13.8. The normalized spacial score (nSPS) is 21.0. The van der Waals surface area contributed by atoms with Crippen molar-refractivity contribution in [2.75, 3.05) is 20.1 Å². The Morgan fingerprint density at radius 2 is 2.07 bits per heavy atom. The molecular formula is C21H20ClNO5. The highest BCUT2D eigenvalue weighted by Crippen LogP contribution is 2.42. The van der Waals surface area contributed by atoms with Gasteiger partial charge in [0.05, 0.1) is 12.5 Å². The van der Waals surface area contributed by atoms with Gasteiger partial charge in [0.15, 0.2) is 5.43 Å². The highest BCUT2D eigenvalue weighted by molar-refractivity contribution is 6.33. The zero-order chi connectivity index (χ0) is 20.9. The molecule has 6 nitrogen and oxygen atoms in total. The van der Waals surface area contributed by atoms with Crippen LogP contribution >= 0.6 is 11.6 Å². The number of phenols is 2. The summed E-state index contributed by atoms with van der Waals surface area (Å²) in [4.78, 5) is 14.8. The van der Waals surface area contributed by atoms with Crippen molar-refractivity contribution in [2.45, 2.75) is 18.4 Å². The molecule has 1 aliphatic rings. The van der Waals surface area contributed by atoms with E-state index in [-0.39, 0.29) is 33.5 Å². The predicted octanol–water partition coefficient (Wildman–Crippen LogP) is 3.30. The van der Waals surface area contributed by atoms with Crippen molar-refractivity contribution < 1.29 is 21.1 Å². The number of rotatable bonds is 2. The van der Waals surface area contributed by atoms with Crippen molar-refractivity contribution in [3.63, 3.8) is 0 Å². The van der Waals surface area contributed by atoms with Crippen molar-refractivity contribution in [1.82, 2.24) is 4.90 Å². The Hall–Kier alpha value is -2.54. The molecule has 146 valence electrons. The Morgan fingerprint density at radius 3 is 2.79 bits per heavy atom. The van der Waals surface area contributed by atoms with Gasteiger partial charge in [-0.2, -0.15) is 0 Å². The Bertz CT molecular complexity index is 1160. The summed E-state index contributed by atoms with van der Waals surface area (Å²) in [5.41, 5.74) is 0.253. The Morgan fingerprint density at radius 1 is 1.29 bits per heavy atom. The van der Waals surface area contributed by atoms with Crippen molar-refractivity contribution in [3.05, 3.63) is 57.2 Å². The summed E-state index contributed by atoms with van der Waals surface area (Å²) < 4.78 is 13.6. The molecule has 0 spiro atoms. The van der Waals surface area contributed by atoms with E-state index >= 15 is 0 Å². The molecule has 0 unspecified atom stereocenters. The average molecular weight is 403 g/mol. The minimum atomic E-state index is -0.771. The van der Waals surface area contributed by atoms with Crippen LogP contribution in [-0.2, 0) is 0 Å². The van der Waals surface area contributed by atoms with Gasteiger partial charge in [-0.05, 0) is 32.1 Å². The number of hydrogen-bond acceptors (Lipinski definition) is 6. The van der Waals surface area contributed by atoms with Gasteiger partial charge in [-0.3, -0.25) is 4.79 Å². The zero-order valence-corrected chi connectivity index (χ0v) is 15.9. The lowest BCUT2D eigenvalue weighted by atomic mass is 9.85. The summed E-state index contributed by atoms with van der Waals surface area (Å²) in [6.07, 6.45) is -0.222. The van der Waals surface area contributed by atoms with E-state index in [1.807, 2.05) is 11.9 Å². The maximum Gasteiger partial charge on any atom is 0.197 e. The maximum absolute atomic E-state index is 12.8. The van der Waals surface area contributed by atoms with Crippen LogP contribution in [-0.4, -0.2) is 46.5 Å². The molecule has 1 aliphatic heterocycles. The number of β-amino-alcohol motifs (C(OH)–C–C–N with tert-alkyl or cyclic N) is 1. The summed E-state index contributed by atoms with van der Waals surface area (Å²) in [6, 6.07) is 7.07. The number of likely N-dealkylation sites (N-methyl/N-ethyl adjacent to an activating group) is 1. The van der Waals surface area contributed by atoms with Crippen LogP contribution in [0.1, 0.15) is 19.3 Å². The molecule has 0 radical (unpaired) electrons. The topological polar surface area (TPSA) is 94.1 Å². The summed E-state index contributed by atoms with van der Waals surface area (Å²) in [7, 11) is 1.89. The minimum absolute atomic E-state index is 0.0321. The van der Waals surface area contributed by atoms with Crippen LogP contribution in [0.15, 0.2) is 45.6 Å². The van der Waals surface area contributed by atoms with Gasteiger partial charge in [-0.1, -0.05) is 23.7 Å². The first-order valence-electron chi connectivity index (χ1n) is 9.42. The molecule has 2 aromatic carbocycles. The number of halogens is 1. The molecule has 0 aliphatic carbocycles. The van der Waals surface area contributed by atoms with E-state index in [4.69, 9.17) is 17.4 Å².